The molecule has 1 aromatic heterocycles. The van der Waals surface area contributed by atoms with Crippen molar-refractivity contribution in [3.8, 4) is 5.75 Å². The van der Waals surface area contributed by atoms with E-state index in [-0.39, 0.29) is 36.3 Å². The van der Waals surface area contributed by atoms with E-state index in [0.717, 1.165) is 33.4 Å². The minimum absolute atomic E-state index is 0.134. The van der Waals surface area contributed by atoms with Gasteiger partial charge in [0.05, 0.1) is 22.5 Å². The van der Waals surface area contributed by atoms with Crippen LogP contribution in [0.25, 0.3) is 10.9 Å². The summed E-state index contributed by atoms with van der Waals surface area (Å²) in [4.78, 5) is 47.7. The van der Waals surface area contributed by atoms with Gasteiger partial charge in [-0.2, -0.15) is 0 Å². The molecule has 2 amide bonds. The highest BCUT2D eigenvalue weighted by Gasteiger charge is 2.42. The van der Waals surface area contributed by atoms with Gasteiger partial charge < -0.3 is 30.6 Å². The van der Waals surface area contributed by atoms with Crippen LogP contribution in [0.5, 0.6) is 5.75 Å². The van der Waals surface area contributed by atoms with Crippen molar-refractivity contribution in [1.29, 1.82) is 0 Å². The maximum Gasteiger partial charge on any atom is 0.419 e. The monoisotopic (exact) mass is 899 g/mol. The third kappa shape index (κ3) is 11.2. The van der Waals surface area contributed by atoms with E-state index >= 15 is 0 Å². The zero-order valence-electron chi connectivity index (χ0n) is 39.0. The SMILES string of the molecule is Cc1c(C)c(S(=O)(=O)NC(N)=NCCC[C@H]2C(=O)NC[C@@H]([C@H](Cc3cn(C(=O)OC(C)(C)C)c4ccccc34)NC(=O)OC(C)(C)C)N2Cc2ccccc2)c(C)c2c1OC(C)(C)C2. The molecule has 0 saturated carbocycles. The number of nitrogens with two attached hydrogens (primary N) is 1. The molecule has 2 aliphatic rings. The topological polar surface area (TPSA) is 196 Å². The molecular weight excluding hydrogens is 835 g/mol. The molecule has 64 heavy (non-hydrogen) atoms. The number of fused-ring (bicyclic) bond motifs is 2. The van der Waals surface area contributed by atoms with Gasteiger partial charge in [-0.15, -0.1) is 0 Å². The third-order valence-electron chi connectivity index (χ3n) is 11.5. The third-order valence-corrected chi connectivity index (χ3v) is 13.2. The van der Waals surface area contributed by atoms with Crippen LogP contribution in [0.2, 0.25) is 0 Å². The van der Waals surface area contributed by atoms with Crippen LogP contribution in [0, 0.1) is 20.8 Å². The number of benzene rings is 3. The van der Waals surface area contributed by atoms with Crippen LogP contribution in [0.3, 0.4) is 0 Å². The predicted octanol–water partition coefficient (Wildman–Crippen LogP) is 6.94. The maximum atomic E-state index is 13.9. The number of carbonyl (C=O) groups is 3. The fourth-order valence-corrected chi connectivity index (χ4v) is 10.2. The molecule has 1 fully saturated rings. The number of amides is 2. The average molecular weight is 900 g/mol. The van der Waals surface area contributed by atoms with E-state index in [9.17, 15) is 22.8 Å². The first-order valence-electron chi connectivity index (χ1n) is 21.9. The van der Waals surface area contributed by atoms with Gasteiger partial charge in [-0.1, -0.05) is 48.5 Å². The first kappa shape index (κ1) is 47.9. The molecule has 3 aromatic carbocycles. The summed E-state index contributed by atoms with van der Waals surface area (Å²) in [5.74, 6) is 0.286. The number of aromatic nitrogens is 1. The Morgan fingerprint density at radius 1 is 0.969 bits per heavy atom. The Labute approximate surface area is 377 Å². The Morgan fingerprint density at radius 2 is 1.62 bits per heavy atom. The number of nitrogens with one attached hydrogen (secondary N) is 3. The number of carbonyl (C=O) groups excluding carboxylic acids is 3. The Morgan fingerprint density at radius 3 is 2.30 bits per heavy atom. The lowest BCUT2D eigenvalue weighted by Crippen LogP contribution is -2.66. The van der Waals surface area contributed by atoms with E-state index in [1.54, 1.807) is 40.8 Å². The lowest BCUT2D eigenvalue weighted by molar-refractivity contribution is -0.132. The van der Waals surface area contributed by atoms with E-state index in [4.69, 9.17) is 19.9 Å². The number of rotatable bonds is 12. The molecule has 16 heteroatoms. The first-order chi connectivity index (χ1) is 29.8. The van der Waals surface area contributed by atoms with Crippen LogP contribution >= 0.6 is 0 Å². The molecule has 0 bridgehead atoms. The van der Waals surface area contributed by atoms with Gasteiger partial charge in [0.2, 0.25) is 11.9 Å². The molecule has 0 unspecified atom stereocenters. The molecule has 346 valence electrons. The number of hydrogen-bond acceptors (Lipinski definition) is 10. The summed E-state index contributed by atoms with van der Waals surface area (Å²) in [5, 5.41) is 7.05. The molecule has 3 heterocycles. The standard InChI is InChI=1S/C48H65N7O8S/c1-29-30(2)41(31(3)35-25-48(10,11)61-40(29)35)64(59,60)53-43(49)50-23-17-22-38-42(56)51-26-39(54(38)27-32-18-13-12-14-19-32)36(52-44(57)62-46(4,5)6)24-33-28-55(45(58)63-47(7,8)9)37-21-16-15-20-34(33)37/h12-16,18-21,28,36,38-39H,17,22-27H2,1-11H3,(H,51,56)(H,52,57)(H3,49,50,53)/t36-,38-,39-/m0/s1. The highest BCUT2D eigenvalue weighted by molar-refractivity contribution is 7.90. The molecule has 1 saturated heterocycles. The summed E-state index contributed by atoms with van der Waals surface area (Å²) < 4.78 is 49.4. The maximum absolute atomic E-state index is 13.9. The summed E-state index contributed by atoms with van der Waals surface area (Å²) in [6, 6.07) is 15.6. The van der Waals surface area contributed by atoms with Crippen molar-refractivity contribution in [2.45, 2.75) is 148 Å². The van der Waals surface area contributed by atoms with E-state index in [0.29, 0.717) is 42.5 Å². The number of hydrogen-bond donors (Lipinski definition) is 4. The van der Waals surface area contributed by atoms with Crippen molar-refractivity contribution in [3.63, 3.8) is 0 Å². The van der Waals surface area contributed by atoms with Gasteiger partial charge in [-0.05, 0) is 129 Å². The van der Waals surface area contributed by atoms with Crippen LogP contribution in [0.1, 0.15) is 102 Å². The lowest BCUT2D eigenvalue weighted by Gasteiger charge is -2.45. The van der Waals surface area contributed by atoms with Gasteiger partial charge >= 0.3 is 12.2 Å². The lowest BCUT2D eigenvalue weighted by atomic mass is 9.92. The quantitative estimate of drug-likeness (QED) is 0.0657. The van der Waals surface area contributed by atoms with Crippen molar-refractivity contribution in [2.75, 3.05) is 13.1 Å². The molecule has 0 aliphatic carbocycles. The summed E-state index contributed by atoms with van der Waals surface area (Å²) in [6.07, 6.45) is 2.19. The largest absolute Gasteiger partial charge is 0.487 e. The fourth-order valence-electron chi connectivity index (χ4n) is 8.72. The zero-order chi connectivity index (χ0) is 46.9. The number of piperazine rings is 1. The first-order valence-corrected chi connectivity index (χ1v) is 23.4. The van der Waals surface area contributed by atoms with Gasteiger partial charge in [0.1, 0.15) is 22.6 Å². The number of guanidine groups is 1. The van der Waals surface area contributed by atoms with E-state index in [1.165, 1.54) is 4.57 Å². The number of sulfonamides is 1. The zero-order valence-corrected chi connectivity index (χ0v) is 39.9. The molecular formula is C48H65N7O8S. The Hall–Kier alpha value is -5.61. The molecule has 5 N–H and O–H groups in total. The fraction of sp³-hybridized carbons (Fsp3) is 0.500. The van der Waals surface area contributed by atoms with E-state index in [1.807, 2.05) is 96.1 Å². The van der Waals surface area contributed by atoms with Crippen LogP contribution in [0.4, 0.5) is 9.59 Å². The van der Waals surface area contributed by atoms with Crippen LogP contribution < -0.4 is 25.8 Å². The Bertz CT molecular complexity index is 2540. The van der Waals surface area contributed by atoms with Crippen molar-refractivity contribution in [3.05, 3.63) is 94.2 Å². The number of aliphatic imine (C=N–C) groups is 1. The second-order valence-corrected chi connectivity index (χ2v) is 21.1. The van der Waals surface area contributed by atoms with E-state index < -0.39 is 57.1 Å². The molecule has 3 atom stereocenters. The summed E-state index contributed by atoms with van der Waals surface area (Å²) in [6.45, 7) is 20.9. The average Bonchev–Trinajstić information content (AvgIpc) is 3.72. The second kappa shape index (κ2) is 18.5. The summed E-state index contributed by atoms with van der Waals surface area (Å²) in [5.41, 5.74) is 9.53. The molecule has 2 aliphatic heterocycles. The van der Waals surface area contributed by atoms with Crippen LogP contribution in [-0.2, 0) is 43.7 Å². The minimum atomic E-state index is -4.11. The number of nitrogens with zero attached hydrogens (tertiary/aromatic N) is 3. The molecule has 6 rings (SSSR count). The van der Waals surface area contributed by atoms with Crippen molar-refractivity contribution in [1.82, 2.24) is 24.8 Å². The molecule has 15 nitrogen and oxygen atoms in total. The van der Waals surface area contributed by atoms with E-state index in [2.05, 4.69) is 25.2 Å². The van der Waals surface area contributed by atoms with Gasteiger partial charge in [-0.25, -0.2) is 22.7 Å². The van der Waals surface area contributed by atoms with Gasteiger partial charge in [-0.3, -0.25) is 19.3 Å². The Kier molecular flexibility index (Phi) is 13.8. The van der Waals surface area contributed by atoms with Crippen molar-refractivity contribution < 1.29 is 37.0 Å². The van der Waals surface area contributed by atoms with Crippen molar-refractivity contribution >= 4 is 45.0 Å². The highest BCUT2D eigenvalue weighted by Crippen LogP contribution is 2.43. The van der Waals surface area contributed by atoms with Gasteiger partial charge in [0, 0.05) is 49.2 Å². The van der Waals surface area contributed by atoms with Gasteiger partial charge in [0.25, 0.3) is 10.0 Å². The van der Waals surface area contributed by atoms with Crippen LogP contribution in [0.15, 0.2) is 70.7 Å². The smallest absolute Gasteiger partial charge is 0.419 e. The normalized spacial score (nSPS) is 18.5. The van der Waals surface area contributed by atoms with Crippen LogP contribution in [-0.4, -0.2) is 90.0 Å². The van der Waals surface area contributed by atoms with Gasteiger partial charge in [0.15, 0.2) is 0 Å². The molecule has 0 spiro atoms. The summed E-state index contributed by atoms with van der Waals surface area (Å²) >= 11 is 0. The highest BCUT2D eigenvalue weighted by atomic mass is 32.2. The molecule has 4 aromatic rings. The molecule has 0 radical (unpaired) electrons. The van der Waals surface area contributed by atoms with Crippen molar-refractivity contribution in [2.24, 2.45) is 10.7 Å². The number of para-hydroxylation sites is 1. The second-order valence-electron chi connectivity index (χ2n) is 19.5. The minimum Gasteiger partial charge on any atom is -0.487 e. The summed E-state index contributed by atoms with van der Waals surface area (Å²) in [7, 11) is -4.11. The predicted molar refractivity (Wildman–Crippen MR) is 248 cm³/mol. The number of alkyl carbamates (subject to hydrolysis) is 1. The number of ether oxygens (including phenoxy) is 3. The Balaban J connectivity index is 1.27.